The van der Waals surface area contributed by atoms with Crippen LogP contribution in [0.3, 0.4) is 0 Å². The Bertz CT molecular complexity index is 1250. The molecule has 142 valence electrons. The molecule has 0 aliphatic carbocycles. The van der Waals surface area contributed by atoms with Crippen molar-refractivity contribution in [1.29, 1.82) is 0 Å². The summed E-state index contributed by atoms with van der Waals surface area (Å²) in [6.07, 6.45) is 4.83. The highest BCUT2D eigenvalue weighted by Gasteiger charge is 2.24. The summed E-state index contributed by atoms with van der Waals surface area (Å²) in [5.74, 6) is -2.49. The van der Waals surface area contributed by atoms with Gasteiger partial charge >= 0.3 is 0 Å². The van der Waals surface area contributed by atoms with Crippen molar-refractivity contribution in [2.24, 2.45) is 0 Å². The van der Waals surface area contributed by atoms with Crippen LogP contribution in [0.25, 0.3) is 16.4 Å². The molecule has 0 aliphatic rings. The first kappa shape index (κ1) is 17.8. The minimum Gasteiger partial charge on any atom is -0.333 e. The third-order valence-electron chi connectivity index (χ3n) is 4.91. The average molecular weight is 382 g/mol. The molecule has 0 fully saturated rings. The van der Waals surface area contributed by atoms with E-state index < -0.39 is 23.2 Å². The summed E-state index contributed by atoms with van der Waals surface area (Å²) >= 11 is 0. The van der Waals surface area contributed by atoms with Gasteiger partial charge in [-0.3, -0.25) is 9.59 Å². The van der Waals surface area contributed by atoms with Gasteiger partial charge in [0, 0.05) is 25.6 Å². The molecular formula is C20H16F2N4O2. The average Bonchev–Trinajstić information content (AvgIpc) is 3.12. The zero-order valence-corrected chi connectivity index (χ0v) is 15.1. The van der Waals surface area contributed by atoms with E-state index in [-0.39, 0.29) is 22.4 Å². The number of aromatic amines is 1. The second-order valence-electron chi connectivity index (χ2n) is 6.57. The molecule has 6 nitrogen and oxygen atoms in total. The van der Waals surface area contributed by atoms with E-state index in [1.165, 1.54) is 11.1 Å². The molecule has 0 aliphatic heterocycles. The number of fused-ring (bicyclic) bond motifs is 2. The Morgan fingerprint density at radius 3 is 2.64 bits per heavy atom. The van der Waals surface area contributed by atoms with E-state index in [2.05, 4.69) is 9.97 Å². The molecule has 1 aromatic carbocycles. The molecular weight excluding hydrogens is 366 g/mol. The molecule has 0 saturated heterocycles. The highest BCUT2D eigenvalue weighted by Crippen LogP contribution is 2.27. The van der Waals surface area contributed by atoms with Gasteiger partial charge in [0.15, 0.2) is 11.6 Å². The van der Waals surface area contributed by atoms with Crippen LogP contribution < -0.4 is 5.56 Å². The zero-order chi connectivity index (χ0) is 20.0. The Labute approximate surface area is 158 Å². The number of carbonyl (C=O) groups excluding carboxylic acids is 1. The fourth-order valence-electron chi connectivity index (χ4n) is 3.22. The maximum Gasteiger partial charge on any atom is 0.274 e. The highest BCUT2D eigenvalue weighted by atomic mass is 19.2. The van der Waals surface area contributed by atoms with Crippen LogP contribution >= 0.6 is 0 Å². The predicted molar refractivity (Wildman–Crippen MR) is 100 cm³/mol. The number of benzene rings is 1. The number of carbonyl (C=O) groups is 1. The number of hydrogen-bond acceptors (Lipinski definition) is 3. The van der Waals surface area contributed by atoms with Crippen molar-refractivity contribution in [2.45, 2.75) is 13.0 Å². The first-order valence-electron chi connectivity index (χ1n) is 8.58. The molecule has 0 spiro atoms. The Kier molecular flexibility index (Phi) is 4.18. The van der Waals surface area contributed by atoms with Crippen LogP contribution in [0.1, 0.15) is 29.0 Å². The van der Waals surface area contributed by atoms with E-state index in [0.717, 1.165) is 12.1 Å². The zero-order valence-electron chi connectivity index (χ0n) is 15.1. The number of nitrogens with zero attached hydrogens (tertiary/aromatic N) is 3. The molecule has 1 atom stereocenters. The topological polar surface area (TPSA) is 70.5 Å². The van der Waals surface area contributed by atoms with Crippen LogP contribution in [0.4, 0.5) is 8.78 Å². The lowest BCUT2D eigenvalue weighted by molar-refractivity contribution is 0.0738. The molecule has 4 rings (SSSR count). The van der Waals surface area contributed by atoms with Gasteiger partial charge in [-0.1, -0.05) is 6.07 Å². The van der Waals surface area contributed by atoms with Gasteiger partial charge in [-0.25, -0.2) is 13.8 Å². The van der Waals surface area contributed by atoms with E-state index in [1.807, 2.05) is 12.1 Å². The van der Waals surface area contributed by atoms with E-state index in [0.29, 0.717) is 11.2 Å². The van der Waals surface area contributed by atoms with Gasteiger partial charge in [0.1, 0.15) is 11.3 Å². The number of rotatable bonds is 3. The summed E-state index contributed by atoms with van der Waals surface area (Å²) in [6.45, 7) is 1.74. The van der Waals surface area contributed by atoms with Gasteiger partial charge < -0.3 is 14.3 Å². The lowest BCUT2D eigenvalue weighted by Crippen LogP contribution is -2.30. The number of hydrogen-bond donors (Lipinski definition) is 1. The van der Waals surface area contributed by atoms with Crippen LogP contribution in [0.15, 0.2) is 53.7 Å². The standard InChI is InChI=1S/C20H16F2N4O2/c1-11(14-9-23-19(27)13-8-16(22)15(21)7-12(13)14)25(2)20(28)17-10-26-6-4-3-5-18(26)24-17/h3-11H,1-2H3,(H,23,27)/t11-/m1/s1. The SMILES string of the molecule is C[C@H](c1c[nH]c(=O)c2cc(F)c(F)cc12)N(C)C(=O)c1cn2ccccc2n1. The van der Waals surface area contributed by atoms with Gasteiger partial charge in [-0.2, -0.15) is 0 Å². The van der Waals surface area contributed by atoms with E-state index in [4.69, 9.17) is 0 Å². The summed E-state index contributed by atoms with van der Waals surface area (Å²) in [7, 11) is 1.59. The minimum absolute atomic E-state index is 0.0248. The third kappa shape index (κ3) is 2.83. The Morgan fingerprint density at radius 1 is 1.21 bits per heavy atom. The summed E-state index contributed by atoms with van der Waals surface area (Å²) in [6, 6.07) is 6.76. The number of pyridine rings is 2. The van der Waals surface area contributed by atoms with Crippen LogP contribution in [0.5, 0.6) is 0 Å². The molecule has 1 amide bonds. The quantitative estimate of drug-likeness (QED) is 0.591. The van der Waals surface area contributed by atoms with Gasteiger partial charge in [0.25, 0.3) is 11.5 Å². The van der Waals surface area contributed by atoms with E-state index >= 15 is 0 Å². The number of amides is 1. The Morgan fingerprint density at radius 2 is 1.93 bits per heavy atom. The molecule has 0 radical (unpaired) electrons. The third-order valence-corrected chi connectivity index (χ3v) is 4.91. The Hall–Kier alpha value is -3.55. The van der Waals surface area contributed by atoms with Crippen LogP contribution in [-0.4, -0.2) is 32.2 Å². The van der Waals surface area contributed by atoms with E-state index in [9.17, 15) is 18.4 Å². The lowest BCUT2D eigenvalue weighted by atomic mass is 10.0. The van der Waals surface area contributed by atoms with Crippen LogP contribution in [0.2, 0.25) is 0 Å². The number of H-pyrrole nitrogens is 1. The summed E-state index contributed by atoms with van der Waals surface area (Å²) in [4.78, 5) is 33.2. The molecule has 0 bridgehead atoms. The summed E-state index contributed by atoms with van der Waals surface area (Å²) in [5.41, 5.74) is 0.859. The second kappa shape index (κ2) is 6.56. The minimum atomic E-state index is -1.10. The maximum absolute atomic E-state index is 13.8. The maximum atomic E-state index is 13.8. The number of imidazole rings is 1. The molecule has 8 heteroatoms. The largest absolute Gasteiger partial charge is 0.333 e. The first-order valence-corrected chi connectivity index (χ1v) is 8.58. The second-order valence-corrected chi connectivity index (χ2v) is 6.57. The van der Waals surface area contributed by atoms with Crippen molar-refractivity contribution >= 4 is 22.3 Å². The molecule has 28 heavy (non-hydrogen) atoms. The fourth-order valence-corrected chi connectivity index (χ4v) is 3.22. The van der Waals surface area contributed by atoms with Crippen molar-refractivity contribution in [2.75, 3.05) is 7.05 Å². The van der Waals surface area contributed by atoms with Gasteiger partial charge in [-0.15, -0.1) is 0 Å². The number of aromatic nitrogens is 3. The molecule has 0 unspecified atom stereocenters. The molecule has 3 heterocycles. The van der Waals surface area contributed by atoms with Crippen LogP contribution in [0, 0.1) is 11.6 Å². The van der Waals surface area contributed by atoms with Gasteiger partial charge in [0.2, 0.25) is 0 Å². The highest BCUT2D eigenvalue weighted by molar-refractivity contribution is 5.93. The lowest BCUT2D eigenvalue weighted by Gasteiger charge is -2.25. The van der Waals surface area contributed by atoms with Crippen molar-refractivity contribution < 1.29 is 13.6 Å². The summed E-state index contributed by atoms with van der Waals surface area (Å²) in [5, 5.41) is 0.279. The molecule has 4 aromatic rings. The molecule has 1 N–H and O–H groups in total. The van der Waals surface area contributed by atoms with Crippen molar-refractivity contribution in [3.05, 3.63) is 82.2 Å². The van der Waals surface area contributed by atoms with Crippen molar-refractivity contribution in [3.63, 3.8) is 0 Å². The first-order chi connectivity index (χ1) is 13.4. The van der Waals surface area contributed by atoms with E-state index in [1.54, 1.807) is 36.8 Å². The van der Waals surface area contributed by atoms with Gasteiger partial charge in [-0.05, 0) is 42.1 Å². The fraction of sp³-hybridized carbons (Fsp3) is 0.150. The van der Waals surface area contributed by atoms with Crippen LogP contribution in [-0.2, 0) is 0 Å². The van der Waals surface area contributed by atoms with Crippen molar-refractivity contribution in [1.82, 2.24) is 19.3 Å². The summed E-state index contributed by atoms with van der Waals surface area (Å²) < 4.78 is 29.1. The monoisotopic (exact) mass is 382 g/mol. The number of nitrogens with one attached hydrogen (secondary N) is 1. The Balaban J connectivity index is 1.75. The number of halogens is 2. The van der Waals surface area contributed by atoms with Gasteiger partial charge in [0.05, 0.1) is 11.4 Å². The smallest absolute Gasteiger partial charge is 0.274 e. The predicted octanol–water partition coefficient (Wildman–Crippen LogP) is 3.29. The normalized spacial score (nSPS) is 12.4. The van der Waals surface area contributed by atoms with Crippen molar-refractivity contribution in [3.8, 4) is 0 Å². The molecule has 0 saturated carbocycles. The molecule has 3 aromatic heterocycles.